The third-order valence-corrected chi connectivity index (χ3v) is 5.95. The van der Waals surface area contributed by atoms with Gasteiger partial charge in [-0.15, -0.1) is 11.3 Å². The van der Waals surface area contributed by atoms with Gasteiger partial charge in [0.05, 0.1) is 13.2 Å². The van der Waals surface area contributed by atoms with E-state index in [2.05, 4.69) is 50.2 Å². The highest BCUT2D eigenvalue weighted by Gasteiger charge is 2.23. The first-order chi connectivity index (χ1) is 13.3. The zero-order valence-electron chi connectivity index (χ0n) is 16.3. The monoisotopic (exact) mass is 386 g/mol. The van der Waals surface area contributed by atoms with Gasteiger partial charge in [-0.3, -0.25) is 9.89 Å². The lowest BCUT2D eigenvalue weighted by atomic mass is 10.1. The van der Waals surface area contributed by atoms with E-state index >= 15 is 0 Å². The van der Waals surface area contributed by atoms with Crippen LogP contribution in [0.4, 0.5) is 0 Å². The van der Waals surface area contributed by atoms with E-state index in [1.807, 2.05) is 19.2 Å². The van der Waals surface area contributed by atoms with Crippen LogP contribution < -0.4 is 15.4 Å². The molecule has 2 heterocycles. The molecule has 1 aliphatic rings. The zero-order chi connectivity index (χ0) is 18.9. The zero-order valence-corrected chi connectivity index (χ0v) is 17.1. The van der Waals surface area contributed by atoms with E-state index in [9.17, 15) is 0 Å². The van der Waals surface area contributed by atoms with Crippen LogP contribution in [-0.2, 0) is 6.42 Å². The van der Waals surface area contributed by atoms with Crippen molar-refractivity contribution in [3.05, 3.63) is 52.2 Å². The van der Waals surface area contributed by atoms with Gasteiger partial charge >= 0.3 is 0 Å². The number of ether oxygens (including phenoxy) is 1. The maximum Gasteiger partial charge on any atom is 0.191 e. The van der Waals surface area contributed by atoms with Crippen LogP contribution in [0.3, 0.4) is 0 Å². The average molecular weight is 387 g/mol. The van der Waals surface area contributed by atoms with E-state index in [0.717, 1.165) is 44.3 Å². The summed E-state index contributed by atoms with van der Waals surface area (Å²) in [5, 5.41) is 9.08. The van der Waals surface area contributed by atoms with Crippen LogP contribution in [-0.4, -0.2) is 51.2 Å². The molecule has 1 fully saturated rings. The van der Waals surface area contributed by atoms with E-state index in [0.29, 0.717) is 6.04 Å². The molecule has 0 aliphatic carbocycles. The fourth-order valence-corrected chi connectivity index (χ4v) is 4.22. The van der Waals surface area contributed by atoms with Crippen LogP contribution in [0.1, 0.15) is 29.3 Å². The lowest BCUT2D eigenvalue weighted by Gasteiger charge is -2.29. The van der Waals surface area contributed by atoms with Crippen molar-refractivity contribution < 1.29 is 4.74 Å². The predicted molar refractivity (Wildman–Crippen MR) is 114 cm³/mol. The van der Waals surface area contributed by atoms with Crippen molar-refractivity contribution in [1.29, 1.82) is 0 Å². The second kappa shape index (κ2) is 10.3. The second-order valence-electron chi connectivity index (χ2n) is 6.74. The standard InChI is InChI=1S/C21H30N4OS/c1-22-21(23-12-11-19-6-5-15-27-19)24-16-20(25-13-3-4-14-25)17-7-9-18(26-2)10-8-17/h5-10,15,20H,3-4,11-14,16H2,1-2H3,(H2,22,23,24). The summed E-state index contributed by atoms with van der Waals surface area (Å²) < 4.78 is 5.31. The van der Waals surface area contributed by atoms with Gasteiger partial charge in [-0.2, -0.15) is 0 Å². The van der Waals surface area contributed by atoms with Crippen molar-refractivity contribution in [3.63, 3.8) is 0 Å². The minimum atomic E-state index is 0.342. The quantitative estimate of drug-likeness (QED) is 0.540. The molecule has 5 nitrogen and oxygen atoms in total. The molecule has 6 heteroatoms. The summed E-state index contributed by atoms with van der Waals surface area (Å²) in [5.41, 5.74) is 1.32. The van der Waals surface area contributed by atoms with E-state index < -0.39 is 0 Å². The molecule has 146 valence electrons. The molecule has 1 aromatic heterocycles. The molecular weight excluding hydrogens is 356 g/mol. The molecule has 1 aromatic carbocycles. The van der Waals surface area contributed by atoms with Crippen molar-refractivity contribution >= 4 is 17.3 Å². The van der Waals surface area contributed by atoms with E-state index in [-0.39, 0.29) is 0 Å². The molecule has 1 aliphatic heterocycles. The number of aliphatic imine (C=N–C) groups is 1. The van der Waals surface area contributed by atoms with E-state index in [4.69, 9.17) is 4.74 Å². The Morgan fingerprint density at radius 3 is 2.59 bits per heavy atom. The Balaban J connectivity index is 1.57. The fourth-order valence-electron chi connectivity index (χ4n) is 3.51. The Morgan fingerprint density at radius 1 is 1.19 bits per heavy atom. The Labute approximate surface area is 166 Å². The highest BCUT2D eigenvalue weighted by atomic mass is 32.1. The molecule has 0 bridgehead atoms. The molecule has 1 unspecified atom stereocenters. The fraction of sp³-hybridized carbons (Fsp3) is 0.476. The van der Waals surface area contributed by atoms with E-state index in [1.165, 1.54) is 23.3 Å². The second-order valence-corrected chi connectivity index (χ2v) is 7.77. The van der Waals surface area contributed by atoms with Gasteiger partial charge in [0.15, 0.2) is 5.96 Å². The molecule has 1 saturated heterocycles. The summed E-state index contributed by atoms with van der Waals surface area (Å²) in [6, 6.07) is 13.1. The van der Waals surface area contributed by atoms with Gasteiger partial charge in [0, 0.05) is 25.0 Å². The van der Waals surface area contributed by atoms with Crippen LogP contribution in [0.5, 0.6) is 5.75 Å². The highest BCUT2D eigenvalue weighted by Crippen LogP contribution is 2.26. The topological polar surface area (TPSA) is 48.9 Å². The van der Waals surface area contributed by atoms with Gasteiger partial charge in [-0.25, -0.2) is 0 Å². The number of benzene rings is 1. The molecule has 0 saturated carbocycles. The average Bonchev–Trinajstić information content (AvgIpc) is 3.41. The Bertz CT molecular complexity index is 693. The van der Waals surface area contributed by atoms with Crippen LogP contribution in [0, 0.1) is 0 Å². The normalized spacial score (nSPS) is 16.3. The highest BCUT2D eigenvalue weighted by molar-refractivity contribution is 7.09. The number of methoxy groups -OCH3 is 1. The number of rotatable bonds is 8. The molecule has 27 heavy (non-hydrogen) atoms. The summed E-state index contributed by atoms with van der Waals surface area (Å²) >= 11 is 1.80. The van der Waals surface area contributed by atoms with Gasteiger partial charge in [0.1, 0.15) is 5.75 Å². The number of guanidine groups is 1. The first-order valence-electron chi connectivity index (χ1n) is 9.65. The van der Waals surface area contributed by atoms with Gasteiger partial charge < -0.3 is 15.4 Å². The van der Waals surface area contributed by atoms with Crippen molar-refractivity contribution in [2.45, 2.75) is 25.3 Å². The summed E-state index contributed by atoms with van der Waals surface area (Å²) in [6.45, 7) is 4.04. The number of hydrogen-bond acceptors (Lipinski definition) is 4. The Kier molecular flexibility index (Phi) is 7.54. The van der Waals surface area contributed by atoms with Gasteiger partial charge in [0.2, 0.25) is 0 Å². The smallest absolute Gasteiger partial charge is 0.191 e. The lowest BCUT2D eigenvalue weighted by molar-refractivity contribution is 0.245. The van der Waals surface area contributed by atoms with Crippen LogP contribution in [0.2, 0.25) is 0 Å². The molecule has 1 atom stereocenters. The number of nitrogens with one attached hydrogen (secondary N) is 2. The third kappa shape index (κ3) is 5.71. The van der Waals surface area contributed by atoms with Gasteiger partial charge in [-0.05, 0) is 61.5 Å². The van der Waals surface area contributed by atoms with E-state index in [1.54, 1.807) is 18.4 Å². The van der Waals surface area contributed by atoms with Crippen molar-refractivity contribution in [2.75, 3.05) is 40.3 Å². The van der Waals surface area contributed by atoms with Gasteiger partial charge in [-0.1, -0.05) is 18.2 Å². The molecular formula is C21H30N4OS. The first kappa shape index (κ1) is 19.7. The number of nitrogens with zero attached hydrogens (tertiary/aromatic N) is 2. The Hall–Kier alpha value is -2.05. The third-order valence-electron chi connectivity index (χ3n) is 5.01. The maximum atomic E-state index is 5.31. The minimum Gasteiger partial charge on any atom is -0.497 e. The number of thiophene rings is 1. The minimum absolute atomic E-state index is 0.342. The number of hydrogen-bond donors (Lipinski definition) is 2. The Morgan fingerprint density at radius 2 is 1.96 bits per heavy atom. The molecule has 0 spiro atoms. The summed E-state index contributed by atoms with van der Waals surface area (Å²) in [7, 11) is 3.54. The lowest BCUT2D eigenvalue weighted by Crippen LogP contribution is -2.43. The first-order valence-corrected chi connectivity index (χ1v) is 10.5. The maximum absolute atomic E-state index is 5.31. The van der Waals surface area contributed by atoms with Crippen molar-refractivity contribution in [2.24, 2.45) is 4.99 Å². The van der Waals surface area contributed by atoms with Crippen molar-refractivity contribution in [3.8, 4) is 5.75 Å². The molecule has 0 amide bonds. The van der Waals surface area contributed by atoms with Crippen LogP contribution in [0.15, 0.2) is 46.8 Å². The summed E-state index contributed by atoms with van der Waals surface area (Å²) in [4.78, 5) is 8.34. The predicted octanol–water partition coefficient (Wildman–Crippen LogP) is 3.30. The molecule has 2 N–H and O–H groups in total. The summed E-state index contributed by atoms with van der Waals surface area (Å²) in [6.07, 6.45) is 3.58. The molecule has 0 radical (unpaired) electrons. The largest absolute Gasteiger partial charge is 0.497 e. The van der Waals surface area contributed by atoms with Crippen molar-refractivity contribution in [1.82, 2.24) is 15.5 Å². The van der Waals surface area contributed by atoms with Crippen LogP contribution in [0.25, 0.3) is 0 Å². The van der Waals surface area contributed by atoms with Gasteiger partial charge in [0.25, 0.3) is 0 Å². The molecule has 2 aromatic rings. The molecule has 3 rings (SSSR count). The SMILES string of the molecule is CN=C(NCCc1cccs1)NCC(c1ccc(OC)cc1)N1CCCC1. The summed E-state index contributed by atoms with van der Waals surface area (Å²) in [5.74, 6) is 1.77. The number of likely N-dealkylation sites (tertiary alicyclic amines) is 1. The van der Waals surface area contributed by atoms with Crippen LogP contribution >= 0.6 is 11.3 Å².